The maximum Gasteiger partial charge on any atom is 0.368 e. The summed E-state index contributed by atoms with van der Waals surface area (Å²) in [7, 11) is 0. The minimum atomic E-state index is -2.26. The lowest BCUT2D eigenvalue weighted by Crippen LogP contribution is -2.47. The van der Waals surface area contributed by atoms with E-state index in [4.69, 9.17) is 0 Å². The van der Waals surface area contributed by atoms with Crippen molar-refractivity contribution < 1.29 is 29.9 Å². The lowest BCUT2D eigenvalue weighted by Gasteiger charge is -2.29. The molecule has 0 unspecified atom stereocenters. The van der Waals surface area contributed by atoms with Crippen molar-refractivity contribution in [3.8, 4) is 0 Å². The van der Waals surface area contributed by atoms with Gasteiger partial charge in [-0.3, -0.25) is 9.78 Å². The zero-order chi connectivity index (χ0) is 20.4. The molecule has 0 aliphatic rings. The van der Waals surface area contributed by atoms with Gasteiger partial charge < -0.3 is 0 Å². The van der Waals surface area contributed by atoms with Crippen LogP contribution in [0, 0.1) is 0 Å². The number of fused-ring (bicyclic) bond motifs is 2. The monoisotopic (exact) mass is 388 g/mol. The van der Waals surface area contributed by atoms with Crippen LogP contribution in [0.1, 0.15) is 11.1 Å². The fourth-order valence-corrected chi connectivity index (χ4v) is 3.91. The first-order valence-corrected chi connectivity index (χ1v) is 8.82. The maximum atomic E-state index is 13.0. The topological polar surface area (TPSA) is 93.1 Å². The van der Waals surface area contributed by atoms with E-state index >= 15 is 0 Å². The molecular weight excluding hydrogens is 372 g/mol. The number of carbonyl (C=O) groups excluding carboxylic acids is 2. The SMILES string of the molecule is O=C(OO)C(C(=O)OO)(c1cccc2ccccc12)c1cccc2ccccc12. The van der Waals surface area contributed by atoms with E-state index in [1.165, 1.54) is 0 Å². The largest absolute Gasteiger partial charge is 0.368 e. The van der Waals surface area contributed by atoms with E-state index in [1.54, 1.807) is 48.5 Å². The minimum absolute atomic E-state index is 0.213. The van der Waals surface area contributed by atoms with Gasteiger partial charge >= 0.3 is 11.9 Å². The van der Waals surface area contributed by atoms with E-state index < -0.39 is 17.4 Å². The third-order valence-corrected chi connectivity index (χ3v) is 5.17. The maximum absolute atomic E-state index is 13.0. The Morgan fingerprint density at radius 2 is 0.966 bits per heavy atom. The van der Waals surface area contributed by atoms with Gasteiger partial charge in [-0.25, -0.2) is 9.59 Å². The molecule has 4 rings (SSSR count). The van der Waals surface area contributed by atoms with E-state index in [0.717, 1.165) is 10.8 Å². The average molecular weight is 388 g/mol. The summed E-state index contributed by atoms with van der Waals surface area (Å²) in [5.41, 5.74) is -1.83. The zero-order valence-corrected chi connectivity index (χ0v) is 15.1. The molecule has 0 bridgehead atoms. The number of carbonyl (C=O) groups is 2. The number of hydrogen-bond acceptors (Lipinski definition) is 6. The van der Waals surface area contributed by atoms with Crippen LogP contribution < -0.4 is 0 Å². The van der Waals surface area contributed by atoms with E-state index in [0.29, 0.717) is 10.8 Å². The zero-order valence-electron chi connectivity index (χ0n) is 15.1. The summed E-state index contributed by atoms with van der Waals surface area (Å²) in [4.78, 5) is 34.3. The van der Waals surface area contributed by atoms with Crippen molar-refractivity contribution in [2.45, 2.75) is 5.41 Å². The lowest BCUT2D eigenvalue weighted by molar-refractivity contribution is -0.255. The van der Waals surface area contributed by atoms with Crippen molar-refractivity contribution >= 4 is 33.5 Å². The van der Waals surface area contributed by atoms with Crippen LogP contribution in [0.3, 0.4) is 0 Å². The fourth-order valence-electron chi connectivity index (χ4n) is 3.91. The summed E-state index contributed by atoms with van der Waals surface area (Å²) in [6, 6.07) is 24.4. The lowest BCUT2D eigenvalue weighted by atomic mass is 9.71. The quantitative estimate of drug-likeness (QED) is 0.307. The summed E-state index contributed by atoms with van der Waals surface area (Å²) >= 11 is 0. The molecule has 4 aromatic carbocycles. The van der Waals surface area contributed by atoms with Gasteiger partial charge in [-0.15, -0.1) is 0 Å². The highest BCUT2D eigenvalue weighted by Crippen LogP contribution is 2.42. The Kier molecular flexibility index (Phi) is 4.72. The standard InChI is InChI=1S/C23H16O6/c24-21(28-26)23(22(25)29-27,19-13-5-9-15-7-1-3-11-17(15)19)20-14-6-10-16-8-2-4-12-18(16)20/h1-14,26-27H. The van der Waals surface area contributed by atoms with E-state index in [9.17, 15) is 20.1 Å². The number of rotatable bonds is 4. The van der Waals surface area contributed by atoms with Crippen molar-refractivity contribution in [2.75, 3.05) is 0 Å². The Bertz CT molecular complexity index is 1120. The molecule has 0 spiro atoms. The number of benzene rings is 4. The second-order valence-electron chi connectivity index (χ2n) is 6.56. The summed E-state index contributed by atoms with van der Waals surface area (Å²) < 4.78 is 0. The summed E-state index contributed by atoms with van der Waals surface area (Å²) in [6.07, 6.45) is 0. The Balaban J connectivity index is 2.21. The molecule has 4 aromatic rings. The van der Waals surface area contributed by atoms with Gasteiger partial charge in [0.15, 0.2) is 0 Å². The molecule has 2 N–H and O–H groups in total. The number of hydrogen-bond donors (Lipinski definition) is 2. The molecule has 0 aliphatic heterocycles. The Labute approximate surface area is 165 Å². The van der Waals surface area contributed by atoms with Crippen molar-refractivity contribution in [1.82, 2.24) is 0 Å². The highest BCUT2D eigenvalue weighted by atomic mass is 17.1. The van der Waals surface area contributed by atoms with Gasteiger partial charge in [0.2, 0.25) is 5.41 Å². The van der Waals surface area contributed by atoms with E-state index in [-0.39, 0.29) is 11.1 Å². The normalized spacial score (nSPS) is 11.4. The molecular formula is C23H16O6. The van der Waals surface area contributed by atoms with Crippen LogP contribution in [0.15, 0.2) is 84.9 Å². The Morgan fingerprint density at radius 1 is 0.586 bits per heavy atom. The van der Waals surface area contributed by atoms with Crippen molar-refractivity contribution in [3.63, 3.8) is 0 Å². The van der Waals surface area contributed by atoms with Crippen molar-refractivity contribution in [3.05, 3.63) is 96.1 Å². The molecule has 0 aromatic heterocycles. The molecule has 0 aliphatic carbocycles. The van der Waals surface area contributed by atoms with Gasteiger partial charge in [-0.1, -0.05) is 84.9 Å². The highest BCUT2D eigenvalue weighted by molar-refractivity contribution is 6.15. The highest BCUT2D eigenvalue weighted by Gasteiger charge is 2.55. The predicted molar refractivity (Wildman–Crippen MR) is 106 cm³/mol. The molecule has 0 fully saturated rings. The first-order valence-electron chi connectivity index (χ1n) is 8.82. The summed E-state index contributed by atoms with van der Waals surface area (Å²) in [6.45, 7) is 0. The summed E-state index contributed by atoms with van der Waals surface area (Å²) in [5.74, 6) is -2.58. The second-order valence-corrected chi connectivity index (χ2v) is 6.56. The second kappa shape index (κ2) is 7.35. The molecule has 0 saturated carbocycles. The van der Waals surface area contributed by atoms with E-state index in [2.05, 4.69) is 9.78 Å². The molecule has 6 nitrogen and oxygen atoms in total. The predicted octanol–water partition coefficient (Wildman–Crippen LogP) is 4.31. The van der Waals surface area contributed by atoms with Gasteiger partial charge in [-0.2, -0.15) is 10.5 Å². The van der Waals surface area contributed by atoms with Gasteiger partial charge in [0.25, 0.3) is 0 Å². The van der Waals surface area contributed by atoms with Crippen molar-refractivity contribution in [2.24, 2.45) is 0 Å². The Morgan fingerprint density at radius 3 is 1.38 bits per heavy atom. The van der Waals surface area contributed by atoms with Gasteiger partial charge in [0.05, 0.1) is 0 Å². The van der Waals surface area contributed by atoms with Gasteiger partial charge in [-0.05, 0) is 32.7 Å². The molecule has 29 heavy (non-hydrogen) atoms. The summed E-state index contributed by atoms with van der Waals surface area (Å²) in [5, 5.41) is 21.3. The van der Waals surface area contributed by atoms with Crippen LogP contribution in [-0.2, 0) is 24.8 Å². The molecule has 0 saturated heterocycles. The molecule has 0 heterocycles. The molecule has 0 amide bonds. The first-order chi connectivity index (χ1) is 14.1. The van der Waals surface area contributed by atoms with Gasteiger partial charge in [0, 0.05) is 0 Å². The van der Waals surface area contributed by atoms with Crippen LogP contribution in [0.2, 0.25) is 0 Å². The Hall–Kier alpha value is -3.74. The third kappa shape index (κ3) is 2.74. The fraction of sp³-hybridized carbons (Fsp3) is 0.0435. The molecule has 0 atom stereocenters. The van der Waals surface area contributed by atoms with Crippen LogP contribution >= 0.6 is 0 Å². The minimum Gasteiger partial charge on any atom is -0.299 e. The van der Waals surface area contributed by atoms with Gasteiger partial charge in [0.1, 0.15) is 0 Å². The van der Waals surface area contributed by atoms with E-state index in [1.807, 2.05) is 36.4 Å². The van der Waals surface area contributed by atoms with Crippen LogP contribution in [0.5, 0.6) is 0 Å². The van der Waals surface area contributed by atoms with Crippen LogP contribution in [-0.4, -0.2) is 22.5 Å². The smallest absolute Gasteiger partial charge is 0.299 e. The first kappa shape index (κ1) is 18.6. The average Bonchev–Trinajstić information content (AvgIpc) is 2.79. The molecule has 144 valence electrons. The van der Waals surface area contributed by atoms with Crippen molar-refractivity contribution in [1.29, 1.82) is 0 Å². The third-order valence-electron chi connectivity index (χ3n) is 5.17. The van der Waals surface area contributed by atoms with Crippen LogP contribution in [0.25, 0.3) is 21.5 Å². The van der Waals surface area contributed by atoms with Crippen LogP contribution in [0.4, 0.5) is 0 Å². The molecule has 6 heteroatoms. The molecule has 0 radical (unpaired) electrons.